The quantitative estimate of drug-likeness (QED) is 0.745. The van der Waals surface area contributed by atoms with Crippen molar-refractivity contribution in [3.63, 3.8) is 0 Å². The normalized spacial score (nSPS) is 28.0. The summed E-state index contributed by atoms with van der Waals surface area (Å²) in [4.78, 5) is 25.1. The molecule has 0 spiro atoms. The summed E-state index contributed by atoms with van der Waals surface area (Å²) in [6, 6.07) is 9.33. The Labute approximate surface area is 166 Å². The summed E-state index contributed by atoms with van der Waals surface area (Å²) in [5, 5.41) is 0.591. The molecule has 1 heterocycles. The summed E-state index contributed by atoms with van der Waals surface area (Å²) < 4.78 is 16.1. The molecule has 4 rings (SSSR count). The number of nitrogens with one attached hydrogen (secondary N) is 2. The summed E-state index contributed by atoms with van der Waals surface area (Å²) in [7, 11) is 1.31. The lowest BCUT2D eigenvalue weighted by Crippen LogP contribution is -2.69. The Morgan fingerprint density at radius 1 is 1.29 bits per heavy atom. The summed E-state index contributed by atoms with van der Waals surface area (Å²) in [6.07, 6.45) is 4.76. The van der Waals surface area contributed by atoms with Gasteiger partial charge in [-0.25, -0.2) is 20.4 Å². The molecule has 3 aliphatic rings. The summed E-state index contributed by atoms with van der Waals surface area (Å²) in [5.74, 6) is -1.07. The number of esters is 2. The molecule has 0 bridgehead atoms. The van der Waals surface area contributed by atoms with E-state index in [9.17, 15) is 9.59 Å². The third kappa shape index (κ3) is 3.11. The fourth-order valence-corrected chi connectivity index (χ4v) is 3.88. The fourth-order valence-electron chi connectivity index (χ4n) is 3.67. The summed E-state index contributed by atoms with van der Waals surface area (Å²) >= 11 is 6.11. The van der Waals surface area contributed by atoms with Crippen LogP contribution < -0.4 is 10.9 Å². The highest BCUT2D eigenvalue weighted by atomic mass is 35.5. The average molecular weight is 403 g/mol. The Kier molecular flexibility index (Phi) is 4.97. The molecule has 28 heavy (non-hydrogen) atoms. The van der Waals surface area contributed by atoms with E-state index in [1.807, 2.05) is 36.4 Å². The first kappa shape index (κ1) is 18.7. The van der Waals surface area contributed by atoms with E-state index in [-0.39, 0.29) is 12.5 Å². The molecule has 3 unspecified atom stereocenters. The van der Waals surface area contributed by atoms with Crippen LogP contribution in [-0.2, 0) is 30.4 Å². The molecule has 1 aliphatic heterocycles. The molecule has 1 aromatic carbocycles. The molecule has 146 valence electrons. The van der Waals surface area contributed by atoms with Gasteiger partial charge in [-0.15, -0.1) is 0 Å². The zero-order chi connectivity index (χ0) is 19.7. The van der Waals surface area contributed by atoms with E-state index in [0.29, 0.717) is 17.2 Å². The van der Waals surface area contributed by atoms with Crippen molar-refractivity contribution < 1.29 is 23.8 Å². The van der Waals surface area contributed by atoms with E-state index in [0.717, 1.165) is 11.1 Å². The average Bonchev–Trinajstić information content (AvgIpc) is 3.05. The number of carbonyl (C=O) groups is 2. The van der Waals surface area contributed by atoms with Gasteiger partial charge in [-0.3, -0.25) is 0 Å². The lowest BCUT2D eigenvalue weighted by molar-refractivity contribution is -0.171. The Hall–Kier alpha value is -2.61. The van der Waals surface area contributed by atoms with E-state index in [1.54, 1.807) is 12.2 Å². The molecule has 8 heteroatoms. The lowest BCUT2D eigenvalue weighted by atomic mass is 9.79. The van der Waals surface area contributed by atoms with Gasteiger partial charge in [-0.05, 0) is 29.7 Å². The molecule has 7 nitrogen and oxygen atoms in total. The maximum atomic E-state index is 12.7. The molecule has 3 atom stereocenters. The predicted octanol–water partition coefficient (Wildman–Crippen LogP) is 2.06. The third-order valence-electron chi connectivity index (χ3n) is 5.06. The molecule has 1 saturated heterocycles. The van der Waals surface area contributed by atoms with Gasteiger partial charge in [0.05, 0.1) is 7.11 Å². The Morgan fingerprint density at radius 3 is 2.82 bits per heavy atom. The monoisotopic (exact) mass is 402 g/mol. The van der Waals surface area contributed by atoms with Gasteiger partial charge in [-0.2, -0.15) is 0 Å². The number of hydrazine groups is 1. The highest BCUT2D eigenvalue weighted by Crippen LogP contribution is 2.47. The first-order chi connectivity index (χ1) is 13.5. The number of rotatable bonds is 4. The molecule has 0 saturated carbocycles. The highest BCUT2D eigenvalue weighted by Gasteiger charge is 2.59. The van der Waals surface area contributed by atoms with Crippen LogP contribution >= 0.6 is 11.6 Å². The number of benzene rings is 1. The van der Waals surface area contributed by atoms with Crippen molar-refractivity contribution in [2.45, 2.75) is 24.8 Å². The van der Waals surface area contributed by atoms with Gasteiger partial charge in [-0.1, -0.05) is 48.0 Å². The van der Waals surface area contributed by atoms with Gasteiger partial charge in [0.2, 0.25) is 0 Å². The van der Waals surface area contributed by atoms with Gasteiger partial charge in [0.15, 0.2) is 5.54 Å². The number of ether oxygens (including phenoxy) is 3. The van der Waals surface area contributed by atoms with Crippen molar-refractivity contribution in [3.05, 3.63) is 70.5 Å². The van der Waals surface area contributed by atoms with E-state index >= 15 is 0 Å². The van der Waals surface area contributed by atoms with Crippen molar-refractivity contribution in [2.75, 3.05) is 7.11 Å². The molecule has 1 aromatic rings. The lowest BCUT2D eigenvalue weighted by Gasteiger charge is -2.41. The van der Waals surface area contributed by atoms with Gasteiger partial charge in [0.1, 0.15) is 12.4 Å². The van der Waals surface area contributed by atoms with Crippen LogP contribution in [0.15, 0.2) is 64.9 Å². The molecular formula is C20H19ClN2O5. The van der Waals surface area contributed by atoms with Crippen LogP contribution in [0, 0.1) is 5.92 Å². The number of hydrogen-bond donors (Lipinski definition) is 2. The van der Waals surface area contributed by atoms with Crippen LogP contribution in [0.3, 0.4) is 0 Å². The largest absolute Gasteiger partial charge is 0.467 e. The van der Waals surface area contributed by atoms with Crippen molar-refractivity contribution in [2.24, 2.45) is 5.92 Å². The minimum atomic E-state index is -1.26. The van der Waals surface area contributed by atoms with Crippen LogP contribution in [0.5, 0.6) is 0 Å². The maximum absolute atomic E-state index is 12.7. The van der Waals surface area contributed by atoms with Crippen molar-refractivity contribution >= 4 is 23.5 Å². The summed E-state index contributed by atoms with van der Waals surface area (Å²) in [6.45, 7) is 0.121. The second-order valence-electron chi connectivity index (χ2n) is 6.69. The van der Waals surface area contributed by atoms with Crippen molar-refractivity contribution in [1.29, 1.82) is 0 Å². The van der Waals surface area contributed by atoms with Crippen LogP contribution in [0.25, 0.3) is 0 Å². The van der Waals surface area contributed by atoms with Gasteiger partial charge in [0, 0.05) is 11.0 Å². The van der Waals surface area contributed by atoms with E-state index in [2.05, 4.69) is 10.9 Å². The third-order valence-corrected chi connectivity index (χ3v) is 5.32. The smallest absolute Gasteiger partial charge is 0.364 e. The molecule has 2 N–H and O–H groups in total. The van der Waals surface area contributed by atoms with Crippen molar-refractivity contribution in [3.8, 4) is 0 Å². The molecule has 0 amide bonds. The van der Waals surface area contributed by atoms with Crippen LogP contribution in [0.4, 0.5) is 0 Å². The SMILES string of the molecule is COC(=O)C12NNC(C(=O)OCc3ccccc3)OC1=CC1=CC(Cl)=CCC12. The van der Waals surface area contributed by atoms with Gasteiger partial charge >= 0.3 is 11.9 Å². The number of hydrogen-bond acceptors (Lipinski definition) is 7. The van der Waals surface area contributed by atoms with E-state index in [4.69, 9.17) is 25.8 Å². The van der Waals surface area contributed by atoms with E-state index in [1.165, 1.54) is 7.11 Å². The maximum Gasteiger partial charge on any atom is 0.364 e. The first-order valence-electron chi connectivity index (χ1n) is 8.82. The molecule has 2 aliphatic carbocycles. The second kappa shape index (κ2) is 7.43. The van der Waals surface area contributed by atoms with Gasteiger partial charge < -0.3 is 14.2 Å². The van der Waals surface area contributed by atoms with E-state index < -0.39 is 23.7 Å². The van der Waals surface area contributed by atoms with Crippen LogP contribution in [0.2, 0.25) is 0 Å². The zero-order valence-corrected chi connectivity index (χ0v) is 15.9. The second-order valence-corrected chi connectivity index (χ2v) is 7.13. The number of allylic oxidation sites excluding steroid dienone is 4. The minimum absolute atomic E-state index is 0.121. The number of fused-ring (bicyclic) bond motifs is 3. The molecule has 0 aromatic heterocycles. The Morgan fingerprint density at radius 2 is 2.07 bits per heavy atom. The van der Waals surface area contributed by atoms with Crippen LogP contribution in [0.1, 0.15) is 12.0 Å². The standard InChI is InChI=1S/C20H19ClN2O5/c1-26-19(25)20-15-8-7-14(21)9-13(15)10-16(20)28-17(22-23-20)18(24)27-11-12-5-3-2-4-6-12/h2-7,9-10,15,17,22-23H,8,11H2,1H3. The molecule has 0 radical (unpaired) electrons. The molecule has 1 fully saturated rings. The molecular weight excluding hydrogens is 384 g/mol. The Balaban J connectivity index is 1.52. The topological polar surface area (TPSA) is 85.9 Å². The fraction of sp³-hybridized carbons (Fsp3) is 0.300. The van der Waals surface area contributed by atoms with Crippen LogP contribution in [-0.4, -0.2) is 30.8 Å². The van der Waals surface area contributed by atoms with Crippen molar-refractivity contribution in [1.82, 2.24) is 10.9 Å². The Bertz CT molecular complexity index is 895. The highest BCUT2D eigenvalue weighted by molar-refractivity contribution is 6.31. The first-order valence-corrected chi connectivity index (χ1v) is 9.20. The van der Waals surface area contributed by atoms with Gasteiger partial charge in [0.25, 0.3) is 6.23 Å². The zero-order valence-electron chi connectivity index (χ0n) is 15.1. The summed E-state index contributed by atoms with van der Waals surface area (Å²) in [5.41, 5.74) is 6.15. The number of halogens is 1. The number of methoxy groups -OCH3 is 1. The number of carbonyl (C=O) groups excluding carboxylic acids is 2. The predicted molar refractivity (Wildman–Crippen MR) is 100 cm³/mol. The minimum Gasteiger partial charge on any atom is -0.467 e.